The Labute approximate surface area is 98.9 Å². The predicted molar refractivity (Wildman–Crippen MR) is 62.4 cm³/mol. The molecule has 0 N–H and O–H groups in total. The Balaban J connectivity index is 2.09. The molecule has 0 saturated carbocycles. The zero-order valence-corrected chi connectivity index (χ0v) is 9.56. The van der Waals surface area contributed by atoms with Crippen molar-refractivity contribution in [1.82, 2.24) is 9.55 Å². The highest BCUT2D eigenvalue weighted by atomic mass is 19.1. The molecule has 0 spiro atoms. The zero-order chi connectivity index (χ0) is 12.3. The van der Waals surface area contributed by atoms with E-state index < -0.39 is 0 Å². The molecular formula is C13H13FN2O. The Kier molecular flexibility index (Phi) is 3.32. The molecule has 88 valence electrons. The van der Waals surface area contributed by atoms with Crippen molar-refractivity contribution < 1.29 is 9.18 Å². The number of hydrogen-bond donors (Lipinski definition) is 0. The molecule has 17 heavy (non-hydrogen) atoms. The lowest BCUT2D eigenvalue weighted by molar-refractivity contribution is 0.111. The smallest absolute Gasteiger partial charge is 0.168 e. The van der Waals surface area contributed by atoms with Gasteiger partial charge in [-0.15, -0.1) is 0 Å². The lowest BCUT2D eigenvalue weighted by atomic mass is 10.1. The molecule has 2 rings (SSSR count). The van der Waals surface area contributed by atoms with E-state index in [1.165, 1.54) is 12.1 Å². The third-order valence-electron chi connectivity index (χ3n) is 2.71. The van der Waals surface area contributed by atoms with Gasteiger partial charge in [0.25, 0.3) is 0 Å². The van der Waals surface area contributed by atoms with Crippen molar-refractivity contribution in [3.63, 3.8) is 0 Å². The molecule has 0 bridgehead atoms. The lowest BCUT2D eigenvalue weighted by Gasteiger charge is -2.01. The molecule has 0 saturated heterocycles. The van der Waals surface area contributed by atoms with Gasteiger partial charge < -0.3 is 4.57 Å². The van der Waals surface area contributed by atoms with E-state index in [-0.39, 0.29) is 5.82 Å². The second-order valence-corrected chi connectivity index (χ2v) is 3.94. The second-order valence-electron chi connectivity index (χ2n) is 3.94. The highest BCUT2D eigenvalue weighted by molar-refractivity contribution is 5.73. The summed E-state index contributed by atoms with van der Waals surface area (Å²) < 4.78 is 14.7. The Morgan fingerprint density at radius 1 is 1.41 bits per heavy atom. The van der Waals surface area contributed by atoms with Crippen LogP contribution in [0, 0.1) is 5.82 Å². The van der Waals surface area contributed by atoms with Crippen LogP contribution in [0.1, 0.15) is 21.7 Å². The molecule has 1 aromatic heterocycles. The van der Waals surface area contributed by atoms with Gasteiger partial charge in [-0.3, -0.25) is 4.79 Å². The molecule has 0 aliphatic heterocycles. The van der Waals surface area contributed by atoms with Gasteiger partial charge in [0.05, 0.1) is 12.0 Å². The van der Waals surface area contributed by atoms with Crippen molar-refractivity contribution >= 4 is 6.29 Å². The van der Waals surface area contributed by atoms with Gasteiger partial charge in [-0.2, -0.15) is 0 Å². The maximum Gasteiger partial charge on any atom is 0.168 e. The molecule has 0 unspecified atom stereocenters. The van der Waals surface area contributed by atoms with Crippen LogP contribution in [0.2, 0.25) is 0 Å². The minimum Gasteiger partial charge on any atom is -0.331 e. The van der Waals surface area contributed by atoms with E-state index in [4.69, 9.17) is 0 Å². The van der Waals surface area contributed by atoms with E-state index in [9.17, 15) is 9.18 Å². The van der Waals surface area contributed by atoms with Gasteiger partial charge in [0.1, 0.15) is 11.5 Å². The van der Waals surface area contributed by atoms with Crippen molar-refractivity contribution in [3.05, 3.63) is 53.4 Å². The number of aryl methyl sites for hydroxylation is 3. The van der Waals surface area contributed by atoms with E-state index in [1.54, 1.807) is 24.0 Å². The van der Waals surface area contributed by atoms with Crippen LogP contribution in [0.4, 0.5) is 4.39 Å². The number of nitrogens with zero attached hydrogens (tertiary/aromatic N) is 2. The number of carbonyl (C=O) groups excluding carboxylic acids is 1. The maximum absolute atomic E-state index is 13.0. The summed E-state index contributed by atoms with van der Waals surface area (Å²) in [6.07, 6.45) is 3.73. The monoisotopic (exact) mass is 232 g/mol. The molecule has 0 aliphatic carbocycles. The molecule has 0 radical (unpaired) electrons. The quantitative estimate of drug-likeness (QED) is 0.757. The summed E-state index contributed by atoms with van der Waals surface area (Å²) in [5.74, 6) is -0.237. The third-order valence-corrected chi connectivity index (χ3v) is 2.71. The van der Waals surface area contributed by atoms with Crippen LogP contribution in [0.5, 0.6) is 0 Å². The maximum atomic E-state index is 13.0. The van der Waals surface area contributed by atoms with Crippen LogP contribution in [-0.4, -0.2) is 15.8 Å². The fourth-order valence-corrected chi connectivity index (χ4v) is 1.79. The normalized spacial score (nSPS) is 10.5. The molecule has 0 atom stereocenters. The summed E-state index contributed by atoms with van der Waals surface area (Å²) in [5.41, 5.74) is 2.25. The summed E-state index contributed by atoms with van der Waals surface area (Å²) in [4.78, 5) is 15.0. The van der Waals surface area contributed by atoms with Gasteiger partial charge in [0.2, 0.25) is 0 Å². The van der Waals surface area contributed by atoms with Crippen LogP contribution in [0.25, 0.3) is 0 Å². The Hall–Kier alpha value is -1.97. The Morgan fingerprint density at radius 3 is 2.94 bits per heavy atom. The molecule has 0 fully saturated rings. The predicted octanol–water partition coefficient (Wildman–Crippen LogP) is 2.16. The van der Waals surface area contributed by atoms with Crippen LogP contribution in [0.15, 0.2) is 30.6 Å². The lowest BCUT2D eigenvalue weighted by Crippen LogP contribution is -1.99. The van der Waals surface area contributed by atoms with Crippen LogP contribution >= 0.6 is 0 Å². The Morgan fingerprint density at radius 2 is 2.24 bits per heavy atom. The average Bonchev–Trinajstić information content (AvgIpc) is 2.67. The summed E-state index contributed by atoms with van der Waals surface area (Å²) in [6, 6.07) is 6.47. The van der Waals surface area contributed by atoms with Crippen LogP contribution in [-0.2, 0) is 19.9 Å². The number of imidazole rings is 1. The number of aromatic nitrogens is 2. The molecule has 0 aliphatic rings. The van der Waals surface area contributed by atoms with Crippen molar-refractivity contribution in [2.24, 2.45) is 7.05 Å². The zero-order valence-electron chi connectivity index (χ0n) is 9.56. The Bertz CT molecular complexity index is 534. The topological polar surface area (TPSA) is 34.9 Å². The SMILES string of the molecule is Cn1cnc(CCc2cccc(F)c2)c1C=O. The largest absolute Gasteiger partial charge is 0.331 e. The highest BCUT2D eigenvalue weighted by Crippen LogP contribution is 2.10. The molecule has 1 aromatic carbocycles. The summed E-state index contributed by atoms with van der Waals surface area (Å²) in [6.45, 7) is 0. The second kappa shape index (κ2) is 4.91. The number of halogens is 1. The van der Waals surface area contributed by atoms with Gasteiger partial charge in [-0.25, -0.2) is 9.37 Å². The molecule has 2 aromatic rings. The van der Waals surface area contributed by atoms with Gasteiger partial charge in [-0.1, -0.05) is 12.1 Å². The number of benzene rings is 1. The van der Waals surface area contributed by atoms with E-state index in [2.05, 4.69) is 4.98 Å². The first-order valence-electron chi connectivity index (χ1n) is 5.40. The van der Waals surface area contributed by atoms with E-state index in [1.807, 2.05) is 6.07 Å². The first-order valence-corrected chi connectivity index (χ1v) is 5.40. The average molecular weight is 232 g/mol. The van der Waals surface area contributed by atoms with Crippen LogP contribution < -0.4 is 0 Å². The molecule has 1 heterocycles. The fraction of sp³-hybridized carbons (Fsp3) is 0.231. The molecular weight excluding hydrogens is 219 g/mol. The molecule has 3 nitrogen and oxygen atoms in total. The van der Waals surface area contributed by atoms with Gasteiger partial charge in [0.15, 0.2) is 6.29 Å². The summed E-state index contributed by atoms with van der Waals surface area (Å²) >= 11 is 0. The van der Waals surface area contributed by atoms with E-state index in [0.717, 1.165) is 17.5 Å². The highest BCUT2D eigenvalue weighted by Gasteiger charge is 2.07. The minimum atomic E-state index is -0.237. The minimum absolute atomic E-state index is 0.237. The van der Waals surface area contributed by atoms with Crippen molar-refractivity contribution in [2.45, 2.75) is 12.8 Å². The number of aldehydes is 1. The van der Waals surface area contributed by atoms with Gasteiger partial charge in [0, 0.05) is 7.05 Å². The summed E-state index contributed by atoms with van der Waals surface area (Å²) in [5, 5.41) is 0. The number of rotatable bonds is 4. The van der Waals surface area contributed by atoms with Gasteiger partial charge in [-0.05, 0) is 30.5 Å². The van der Waals surface area contributed by atoms with E-state index >= 15 is 0 Å². The number of carbonyl (C=O) groups is 1. The number of hydrogen-bond acceptors (Lipinski definition) is 2. The van der Waals surface area contributed by atoms with Crippen LogP contribution in [0.3, 0.4) is 0 Å². The summed E-state index contributed by atoms with van der Waals surface area (Å²) in [7, 11) is 1.78. The first-order chi connectivity index (χ1) is 8.20. The first kappa shape index (κ1) is 11.5. The van der Waals surface area contributed by atoms with Crippen molar-refractivity contribution in [3.8, 4) is 0 Å². The van der Waals surface area contributed by atoms with Gasteiger partial charge >= 0.3 is 0 Å². The fourth-order valence-electron chi connectivity index (χ4n) is 1.79. The molecule has 0 amide bonds. The standard InChI is InChI=1S/C13H13FN2O/c1-16-9-15-12(13(16)8-17)6-5-10-3-2-4-11(14)7-10/h2-4,7-9H,5-6H2,1H3. The van der Waals surface area contributed by atoms with E-state index in [0.29, 0.717) is 18.5 Å². The van der Waals surface area contributed by atoms with Crippen molar-refractivity contribution in [1.29, 1.82) is 0 Å². The molecule has 4 heteroatoms. The van der Waals surface area contributed by atoms with Crippen molar-refractivity contribution in [2.75, 3.05) is 0 Å². The third kappa shape index (κ3) is 2.58.